The number of nitrogens with zero attached hydrogens (tertiary/aromatic N) is 1. The number of carbonyl (C=O) groups excluding carboxylic acids is 3. The molecule has 37 heavy (non-hydrogen) atoms. The summed E-state index contributed by atoms with van der Waals surface area (Å²) in [6, 6.07) is 12.5. The maximum absolute atomic E-state index is 13.4. The van der Waals surface area contributed by atoms with Gasteiger partial charge >= 0.3 is 0 Å². The van der Waals surface area contributed by atoms with Crippen LogP contribution in [0.1, 0.15) is 69.7 Å². The summed E-state index contributed by atoms with van der Waals surface area (Å²) in [4.78, 5) is 40.2. The molecule has 3 atom stereocenters. The summed E-state index contributed by atoms with van der Waals surface area (Å²) < 4.78 is 5.00. The molecule has 2 aromatic carbocycles. The Kier molecular flexibility index (Phi) is 12.2. The summed E-state index contributed by atoms with van der Waals surface area (Å²) in [6.07, 6.45) is -0.471. The van der Waals surface area contributed by atoms with Crippen LogP contribution < -0.4 is 11.1 Å². The van der Waals surface area contributed by atoms with E-state index in [1.165, 1.54) is 25.3 Å². The quantitative estimate of drug-likeness (QED) is 0.287. The fourth-order valence-electron chi connectivity index (χ4n) is 4.12. The first-order chi connectivity index (χ1) is 17.7. The fourth-order valence-corrected chi connectivity index (χ4v) is 4.12. The topological polar surface area (TPSA) is 142 Å². The maximum Gasteiger partial charge on any atom is 0.253 e. The number of aliphatic hydroxyl groups is 2. The molecule has 2 aromatic rings. The Morgan fingerprint density at radius 3 is 2.14 bits per heavy atom. The summed E-state index contributed by atoms with van der Waals surface area (Å²) in [5, 5.41) is 24.2. The molecule has 0 saturated heterocycles. The molecule has 2 rings (SSSR count). The predicted molar refractivity (Wildman–Crippen MR) is 141 cm³/mol. The molecule has 0 saturated carbocycles. The lowest BCUT2D eigenvalue weighted by Gasteiger charge is -2.28. The average Bonchev–Trinajstić information content (AvgIpc) is 2.90. The van der Waals surface area contributed by atoms with E-state index >= 15 is 0 Å². The Hall–Kier alpha value is -3.27. The highest BCUT2D eigenvalue weighted by Gasteiger charge is 2.29. The number of amides is 3. The van der Waals surface area contributed by atoms with Crippen molar-refractivity contribution >= 4 is 17.7 Å². The van der Waals surface area contributed by atoms with Gasteiger partial charge in [-0.1, -0.05) is 44.2 Å². The molecule has 3 unspecified atom stereocenters. The van der Waals surface area contributed by atoms with E-state index in [1.54, 1.807) is 4.90 Å². The third kappa shape index (κ3) is 8.96. The van der Waals surface area contributed by atoms with Crippen LogP contribution in [-0.2, 0) is 11.2 Å². The Balaban J connectivity index is 2.38. The fraction of sp³-hybridized carbons (Fsp3) is 0.464. The molecule has 0 spiro atoms. The van der Waals surface area contributed by atoms with E-state index in [2.05, 4.69) is 5.32 Å². The smallest absolute Gasteiger partial charge is 0.253 e. The molecule has 0 aromatic heterocycles. The van der Waals surface area contributed by atoms with Crippen LogP contribution in [0, 0.1) is 0 Å². The van der Waals surface area contributed by atoms with Gasteiger partial charge in [0.2, 0.25) is 5.91 Å². The number of hydrogen-bond acceptors (Lipinski definition) is 6. The van der Waals surface area contributed by atoms with E-state index in [0.29, 0.717) is 13.1 Å². The third-order valence-corrected chi connectivity index (χ3v) is 6.04. The van der Waals surface area contributed by atoms with Gasteiger partial charge in [0.25, 0.3) is 11.8 Å². The van der Waals surface area contributed by atoms with E-state index in [-0.39, 0.29) is 42.0 Å². The van der Waals surface area contributed by atoms with Gasteiger partial charge in [-0.25, -0.2) is 0 Å². The first-order valence-corrected chi connectivity index (χ1v) is 12.7. The molecule has 5 N–H and O–H groups in total. The van der Waals surface area contributed by atoms with Crippen LogP contribution in [0.3, 0.4) is 0 Å². The van der Waals surface area contributed by atoms with E-state index in [1.807, 2.05) is 44.2 Å². The van der Waals surface area contributed by atoms with Crippen LogP contribution in [0.4, 0.5) is 0 Å². The third-order valence-electron chi connectivity index (χ3n) is 6.04. The number of hydrogen-bond donors (Lipinski definition) is 4. The number of benzene rings is 2. The van der Waals surface area contributed by atoms with Crippen LogP contribution in [0.25, 0.3) is 0 Å². The molecule has 0 fully saturated rings. The Morgan fingerprint density at radius 1 is 0.973 bits per heavy atom. The number of nitrogens with one attached hydrogen (secondary N) is 1. The lowest BCUT2D eigenvalue weighted by molar-refractivity contribution is -0.0177. The van der Waals surface area contributed by atoms with E-state index in [4.69, 9.17) is 10.5 Å². The van der Waals surface area contributed by atoms with Crippen molar-refractivity contribution in [2.75, 3.05) is 26.8 Å². The molecule has 0 heterocycles. The normalized spacial score (nSPS) is 13.4. The van der Waals surface area contributed by atoms with Crippen molar-refractivity contribution in [3.63, 3.8) is 0 Å². The summed E-state index contributed by atoms with van der Waals surface area (Å²) in [7, 11) is 1.50. The van der Waals surface area contributed by atoms with Gasteiger partial charge in [-0.2, -0.15) is 0 Å². The highest BCUT2D eigenvalue weighted by atomic mass is 16.5. The van der Waals surface area contributed by atoms with Gasteiger partial charge in [-0.05, 0) is 49.4 Å². The number of ether oxygens (including phenoxy) is 1. The van der Waals surface area contributed by atoms with Gasteiger partial charge in [0.1, 0.15) is 6.10 Å². The highest BCUT2D eigenvalue weighted by molar-refractivity contribution is 6.04. The van der Waals surface area contributed by atoms with Crippen LogP contribution in [-0.4, -0.2) is 77.9 Å². The van der Waals surface area contributed by atoms with Crippen molar-refractivity contribution in [3.05, 3.63) is 70.8 Å². The number of rotatable bonds is 15. The lowest BCUT2D eigenvalue weighted by atomic mass is 9.95. The molecule has 0 aliphatic carbocycles. The molecule has 3 amide bonds. The Morgan fingerprint density at radius 2 is 1.57 bits per heavy atom. The zero-order valence-corrected chi connectivity index (χ0v) is 21.9. The Bertz CT molecular complexity index is 1020. The van der Waals surface area contributed by atoms with Gasteiger partial charge in [0, 0.05) is 43.5 Å². The Labute approximate surface area is 218 Å². The van der Waals surface area contributed by atoms with Gasteiger partial charge in [0.15, 0.2) is 0 Å². The zero-order chi connectivity index (χ0) is 27.4. The number of methoxy groups -OCH3 is 1. The van der Waals surface area contributed by atoms with Crippen molar-refractivity contribution in [1.82, 2.24) is 10.2 Å². The van der Waals surface area contributed by atoms with Gasteiger partial charge in [0.05, 0.1) is 12.1 Å². The molecule has 0 radical (unpaired) electrons. The first-order valence-electron chi connectivity index (χ1n) is 12.7. The molecular formula is C28H39N3O6. The van der Waals surface area contributed by atoms with Crippen molar-refractivity contribution in [2.24, 2.45) is 5.73 Å². The minimum atomic E-state index is -1.29. The second-order valence-electron chi connectivity index (χ2n) is 9.06. The number of carbonyl (C=O) groups is 3. The summed E-state index contributed by atoms with van der Waals surface area (Å²) in [5.41, 5.74) is 6.63. The van der Waals surface area contributed by atoms with Crippen LogP contribution >= 0.6 is 0 Å². The molecule has 0 bridgehead atoms. The zero-order valence-electron chi connectivity index (χ0n) is 21.9. The molecule has 9 heteroatoms. The number of nitrogens with two attached hydrogens (primary N) is 1. The van der Waals surface area contributed by atoms with Gasteiger partial charge in [-0.15, -0.1) is 0 Å². The lowest BCUT2D eigenvalue weighted by Crippen LogP contribution is -2.50. The molecule has 0 aliphatic heterocycles. The predicted octanol–water partition coefficient (Wildman–Crippen LogP) is 2.15. The second kappa shape index (κ2) is 15.1. The van der Waals surface area contributed by atoms with Crippen molar-refractivity contribution in [3.8, 4) is 0 Å². The monoisotopic (exact) mass is 513 g/mol. The minimum Gasteiger partial charge on any atom is -0.390 e. The van der Waals surface area contributed by atoms with Crippen molar-refractivity contribution < 1.29 is 29.3 Å². The van der Waals surface area contributed by atoms with Gasteiger partial charge < -0.3 is 30.9 Å². The second-order valence-corrected chi connectivity index (χ2v) is 9.06. The molecule has 202 valence electrons. The van der Waals surface area contributed by atoms with Crippen LogP contribution in [0.2, 0.25) is 0 Å². The minimum absolute atomic E-state index is 0.0317. The average molecular weight is 514 g/mol. The number of primary amides is 1. The van der Waals surface area contributed by atoms with E-state index < -0.39 is 30.1 Å². The summed E-state index contributed by atoms with van der Waals surface area (Å²) in [6.45, 7) is 5.25. The molecule has 0 aliphatic rings. The van der Waals surface area contributed by atoms with Crippen molar-refractivity contribution in [2.45, 2.75) is 57.8 Å². The SMILES string of the molecule is CCCN(CCC)C(=O)c1cc(C(N)=O)cc(C(=O)NC(Cc2ccccc2)C(O)C(O)CCOC)c1. The van der Waals surface area contributed by atoms with Crippen LogP contribution in [0.15, 0.2) is 48.5 Å². The maximum atomic E-state index is 13.4. The van der Waals surface area contributed by atoms with E-state index in [0.717, 1.165) is 18.4 Å². The van der Waals surface area contributed by atoms with Crippen molar-refractivity contribution in [1.29, 1.82) is 0 Å². The summed E-state index contributed by atoms with van der Waals surface area (Å²) >= 11 is 0. The number of aliphatic hydroxyl groups excluding tert-OH is 2. The van der Waals surface area contributed by atoms with Crippen LogP contribution in [0.5, 0.6) is 0 Å². The molecule has 9 nitrogen and oxygen atoms in total. The summed E-state index contributed by atoms with van der Waals surface area (Å²) in [5.74, 6) is -1.66. The van der Waals surface area contributed by atoms with Gasteiger partial charge in [-0.3, -0.25) is 14.4 Å². The standard InChI is InChI=1S/C28H39N3O6/c1-4-12-31(13-5-2)28(36)22-17-20(26(29)34)16-21(18-22)27(35)30-23(15-19-9-7-6-8-10-19)25(33)24(32)11-14-37-3/h6-10,16-18,23-25,32-33H,4-5,11-15H2,1-3H3,(H2,29,34)(H,30,35). The van der Waals surface area contributed by atoms with E-state index in [9.17, 15) is 24.6 Å². The highest BCUT2D eigenvalue weighted by Crippen LogP contribution is 2.16. The molecular weight excluding hydrogens is 474 g/mol. The largest absolute Gasteiger partial charge is 0.390 e. The first kappa shape index (κ1) is 30.0.